The quantitative estimate of drug-likeness (QED) is 0.276. The molecule has 3 rings (SSSR count). The first-order valence-corrected chi connectivity index (χ1v) is 10.7. The van der Waals surface area contributed by atoms with Crippen molar-refractivity contribution in [2.24, 2.45) is 0 Å². The maximum absolute atomic E-state index is 11.3. The minimum atomic E-state index is -0.410. The van der Waals surface area contributed by atoms with Gasteiger partial charge in [-0.25, -0.2) is 4.79 Å². The molecule has 0 radical (unpaired) electrons. The van der Waals surface area contributed by atoms with Crippen molar-refractivity contribution in [3.8, 4) is 12.3 Å². The number of hydrogen-bond donors (Lipinski definition) is 1. The number of ether oxygens (including phenoxy) is 1. The number of nitrogens with one attached hydrogen (secondary N) is 1. The monoisotopic (exact) mass is 422 g/mol. The number of carbonyl (C=O) groups excluding carboxylic acids is 1. The molecule has 0 unspecified atom stereocenters. The third-order valence-corrected chi connectivity index (χ3v) is 5.32. The van der Waals surface area contributed by atoms with Crippen LogP contribution in [0.5, 0.6) is 0 Å². The molecule has 156 valence electrons. The first-order chi connectivity index (χ1) is 14.7. The molecule has 2 aromatic carbocycles. The summed E-state index contributed by atoms with van der Waals surface area (Å²) in [7, 11) is 0. The van der Waals surface area contributed by atoms with E-state index in [1.54, 1.807) is 6.08 Å². The van der Waals surface area contributed by atoms with Crippen LogP contribution in [0.15, 0.2) is 54.6 Å². The molecule has 1 heterocycles. The molecule has 1 N–H and O–H groups in total. The second kappa shape index (κ2) is 11.4. The number of benzene rings is 2. The van der Waals surface area contributed by atoms with Crippen LogP contribution in [0.1, 0.15) is 24.0 Å². The van der Waals surface area contributed by atoms with E-state index < -0.39 is 5.97 Å². The van der Waals surface area contributed by atoms with Crippen molar-refractivity contribution in [3.05, 3.63) is 70.8 Å². The number of anilines is 2. The summed E-state index contributed by atoms with van der Waals surface area (Å²) in [5.74, 6) is 1.86. The van der Waals surface area contributed by atoms with Gasteiger partial charge in [-0.2, -0.15) is 0 Å². The molecule has 0 aliphatic carbocycles. The van der Waals surface area contributed by atoms with Gasteiger partial charge in [0.15, 0.2) is 6.61 Å². The van der Waals surface area contributed by atoms with Gasteiger partial charge < -0.3 is 15.0 Å². The highest BCUT2D eigenvalue weighted by Gasteiger charge is 2.20. The smallest absolute Gasteiger partial charge is 0.331 e. The zero-order valence-corrected chi connectivity index (χ0v) is 17.8. The lowest BCUT2D eigenvalue weighted by Crippen LogP contribution is -2.22. The summed E-state index contributed by atoms with van der Waals surface area (Å²) in [6.07, 6.45) is 12.3. The fraction of sp³-hybridized carbons (Fsp3) is 0.320. The predicted octanol–water partition coefficient (Wildman–Crippen LogP) is 4.68. The molecule has 0 fully saturated rings. The van der Waals surface area contributed by atoms with Gasteiger partial charge in [0.2, 0.25) is 0 Å². The van der Waals surface area contributed by atoms with Gasteiger partial charge in [-0.05, 0) is 61.6 Å². The molecule has 0 spiro atoms. The maximum atomic E-state index is 11.3. The zero-order chi connectivity index (χ0) is 21.2. The largest absolute Gasteiger partial charge is 0.449 e. The normalized spacial score (nSPS) is 12.7. The van der Waals surface area contributed by atoms with Crippen molar-refractivity contribution >= 4 is 28.9 Å². The van der Waals surface area contributed by atoms with Gasteiger partial charge in [0.05, 0.1) is 0 Å². The molecule has 0 aromatic heterocycles. The summed E-state index contributed by atoms with van der Waals surface area (Å²) >= 11 is 6.32. The summed E-state index contributed by atoms with van der Waals surface area (Å²) in [4.78, 5) is 13.7. The lowest BCUT2D eigenvalue weighted by Gasteiger charge is -2.27. The summed E-state index contributed by atoms with van der Waals surface area (Å²) < 4.78 is 4.77. The van der Waals surface area contributed by atoms with Gasteiger partial charge >= 0.3 is 5.97 Å². The van der Waals surface area contributed by atoms with Gasteiger partial charge in [-0.15, -0.1) is 6.42 Å². The SMILES string of the molecule is C#CCOC(=O)/C=C/CNCCCCN1c2ccccc2CCc2ccc(Cl)cc21. The number of rotatable bonds is 9. The van der Waals surface area contributed by atoms with E-state index in [2.05, 4.69) is 52.5 Å². The first-order valence-electron chi connectivity index (χ1n) is 10.3. The molecular formula is C25H27ClN2O2. The van der Waals surface area contributed by atoms with Crippen LogP contribution in [0.4, 0.5) is 11.4 Å². The van der Waals surface area contributed by atoms with Crippen LogP contribution < -0.4 is 10.2 Å². The van der Waals surface area contributed by atoms with Gasteiger partial charge in [-0.1, -0.05) is 47.9 Å². The Kier molecular flexibility index (Phi) is 8.38. The number of unbranched alkanes of at least 4 members (excludes halogenated alkanes) is 1. The molecule has 4 nitrogen and oxygen atoms in total. The summed E-state index contributed by atoms with van der Waals surface area (Å²) in [5.41, 5.74) is 5.22. The third kappa shape index (κ3) is 6.13. The van der Waals surface area contributed by atoms with Crippen molar-refractivity contribution in [3.63, 3.8) is 0 Å². The van der Waals surface area contributed by atoms with Crippen LogP contribution in [0, 0.1) is 12.3 Å². The fourth-order valence-electron chi connectivity index (χ4n) is 3.65. The molecule has 1 aliphatic rings. The molecule has 1 aliphatic heterocycles. The van der Waals surface area contributed by atoms with Gasteiger partial charge in [0.1, 0.15) is 0 Å². The number of carbonyl (C=O) groups is 1. The van der Waals surface area contributed by atoms with E-state index >= 15 is 0 Å². The minimum absolute atomic E-state index is 0.00453. The number of hydrogen-bond acceptors (Lipinski definition) is 4. The maximum Gasteiger partial charge on any atom is 0.331 e. The van der Waals surface area contributed by atoms with E-state index in [0.717, 1.165) is 43.8 Å². The number of aryl methyl sites for hydroxylation is 2. The highest BCUT2D eigenvalue weighted by Crippen LogP contribution is 2.37. The average molecular weight is 423 g/mol. The number of nitrogens with zero attached hydrogens (tertiary/aromatic N) is 1. The molecule has 0 bridgehead atoms. The van der Waals surface area contributed by atoms with Crippen LogP contribution in [0.2, 0.25) is 5.02 Å². The molecule has 0 amide bonds. The summed E-state index contributed by atoms with van der Waals surface area (Å²) in [6.45, 7) is 2.43. The Hall–Kier alpha value is -2.74. The topological polar surface area (TPSA) is 41.6 Å². The Bertz CT molecular complexity index is 933. The standard InChI is InChI=1S/C25H27ClN2O2/c1-2-18-30-25(29)10-7-16-27-15-5-6-17-28-23-9-4-3-8-20(23)11-12-21-13-14-22(26)19-24(21)28/h1,3-4,7-10,13-14,19,27H,5-6,11-12,15-18H2/b10-7+. The fourth-order valence-corrected chi connectivity index (χ4v) is 3.81. The molecule has 0 saturated heterocycles. The Morgan fingerprint density at radius 3 is 2.80 bits per heavy atom. The van der Waals surface area contributed by atoms with Crippen molar-refractivity contribution in [1.82, 2.24) is 5.32 Å². The Balaban J connectivity index is 1.52. The summed E-state index contributed by atoms with van der Waals surface area (Å²) in [5, 5.41) is 4.09. The molecule has 0 saturated carbocycles. The lowest BCUT2D eigenvalue weighted by molar-refractivity contribution is -0.136. The highest BCUT2D eigenvalue weighted by molar-refractivity contribution is 6.30. The number of esters is 1. The molecule has 2 aromatic rings. The third-order valence-electron chi connectivity index (χ3n) is 5.08. The van der Waals surface area contributed by atoms with Crippen molar-refractivity contribution in [1.29, 1.82) is 0 Å². The van der Waals surface area contributed by atoms with E-state index in [1.807, 2.05) is 6.07 Å². The Morgan fingerprint density at radius 2 is 1.97 bits per heavy atom. The number of terminal acetylenes is 1. The van der Waals surface area contributed by atoms with Crippen LogP contribution in [-0.4, -0.2) is 32.2 Å². The van der Waals surface area contributed by atoms with E-state index in [-0.39, 0.29) is 6.61 Å². The number of para-hydroxylation sites is 1. The Labute approximate surface area is 183 Å². The average Bonchev–Trinajstić information content (AvgIpc) is 2.91. The Morgan fingerprint density at radius 1 is 1.17 bits per heavy atom. The van der Waals surface area contributed by atoms with E-state index in [0.29, 0.717) is 6.54 Å². The lowest BCUT2D eigenvalue weighted by atomic mass is 10.0. The predicted molar refractivity (Wildman–Crippen MR) is 123 cm³/mol. The van der Waals surface area contributed by atoms with E-state index in [9.17, 15) is 4.79 Å². The first kappa shape index (κ1) is 22.0. The van der Waals surface area contributed by atoms with Crippen molar-refractivity contribution in [2.45, 2.75) is 25.7 Å². The molecule has 0 atom stereocenters. The van der Waals surface area contributed by atoms with Gasteiger partial charge in [0, 0.05) is 35.6 Å². The van der Waals surface area contributed by atoms with Crippen molar-refractivity contribution in [2.75, 3.05) is 31.1 Å². The van der Waals surface area contributed by atoms with Crippen LogP contribution in [0.3, 0.4) is 0 Å². The molecule has 30 heavy (non-hydrogen) atoms. The van der Waals surface area contributed by atoms with E-state index in [1.165, 1.54) is 28.6 Å². The van der Waals surface area contributed by atoms with Gasteiger partial charge in [-0.3, -0.25) is 0 Å². The second-order valence-electron chi connectivity index (χ2n) is 7.18. The molecule has 5 heteroatoms. The zero-order valence-electron chi connectivity index (χ0n) is 17.1. The molecular weight excluding hydrogens is 396 g/mol. The number of halogens is 1. The summed E-state index contributed by atoms with van der Waals surface area (Å²) in [6, 6.07) is 14.9. The van der Waals surface area contributed by atoms with Crippen LogP contribution in [-0.2, 0) is 22.4 Å². The second-order valence-corrected chi connectivity index (χ2v) is 7.62. The van der Waals surface area contributed by atoms with Crippen molar-refractivity contribution < 1.29 is 9.53 Å². The minimum Gasteiger partial charge on any atom is -0.449 e. The number of fused-ring (bicyclic) bond motifs is 2. The van der Waals surface area contributed by atoms with E-state index in [4.69, 9.17) is 22.8 Å². The van der Waals surface area contributed by atoms with Gasteiger partial charge in [0.25, 0.3) is 0 Å². The highest BCUT2D eigenvalue weighted by atomic mass is 35.5. The van der Waals surface area contributed by atoms with Crippen LogP contribution >= 0.6 is 11.6 Å². The van der Waals surface area contributed by atoms with Crippen LogP contribution in [0.25, 0.3) is 0 Å².